The highest BCUT2D eigenvalue weighted by molar-refractivity contribution is 5.94. The average molecular weight is 456 g/mol. The van der Waals surface area contributed by atoms with Gasteiger partial charge in [-0.3, -0.25) is 4.79 Å². The molecule has 0 unspecified atom stereocenters. The molecule has 4 rings (SSSR count). The van der Waals surface area contributed by atoms with Crippen molar-refractivity contribution >= 4 is 23.4 Å². The van der Waals surface area contributed by atoms with E-state index in [9.17, 15) is 18.0 Å². The summed E-state index contributed by atoms with van der Waals surface area (Å²) in [5.41, 5.74) is 0.548. The lowest BCUT2D eigenvalue weighted by Gasteiger charge is -2.35. The minimum absolute atomic E-state index is 0.242. The van der Waals surface area contributed by atoms with Gasteiger partial charge in [-0.2, -0.15) is 13.2 Å². The zero-order valence-corrected chi connectivity index (χ0v) is 18.2. The van der Waals surface area contributed by atoms with Crippen molar-refractivity contribution in [3.63, 3.8) is 0 Å². The Bertz CT molecular complexity index is 1140. The number of alkyl halides is 3. The van der Waals surface area contributed by atoms with Crippen LogP contribution in [0.15, 0.2) is 48.7 Å². The number of carbonyl (C=O) groups is 1. The van der Waals surface area contributed by atoms with E-state index < -0.39 is 11.7 Å². The summed E-state index contributed by atoms with van der Waals surface area (Å²) >= 11 is 0. The first kappa shape index (κ1) is 22.5. The molecule has 1 fully saturated rings. The smallest absolute Gasteiger partial charge is 0.353 e. The van der Waals surface area contributed by atoms with Gasteiger partial charge in [-0.15, -0.1) is 0 Å². The number of hydrogen-bond acceptors (Lipinski definition) is 6. The number of carbonyl (C=O) groups excluding carboxylic acids is 1. The fraction of sp³-hybridized carbons (Fsp3) is 0.304. The predicted molar refractivity (Wildman–Crippen MR) is 119 cm³/mol. The van der Waals surface area contributed by atoms with Crippen LogP contribution in [0.4, 0.5) is 30.6 Å². The second-order valence-electron chi connectivity index (χ2n) is 7.86. The number of aryl methyl sites for hydroxylation is 2. The molecule has 1 saturated heterocycles. The number of amides is 1. The SMILES string of the molecule is Cc1ccnc(Nc2cc(N3CCN(C(=O)c4ccc(C(F)(F)F)cc4)CC3)nc(C)n2)c1. The van der Waals surface area contributed by atoms with Crippen LogP contribution in [-0.2, 0) is 6.18 Å². The molecule has 2 aromatic heterocycles. The zero-order valence-electron chi connectivity index (χ0n) is 18.2. The van der Waals surface area contributed by atoms with E-state index in [0.717, 1.165) is 23.5 Å². The number of rotatable bonds is 4. The molecule has 1 aromatic carbocycles. The van der Waals surface area contributed by atoms with E-state index in [0.29, 0.717) is 43.6 Å². The summed E-state index contributed by atoms with van der Waals surface area (Å²) in [4.78, 5) is 29.7. The van der Waals surface area contributed by atoms with Crippen LogP contribution in [0, 0.1) is 13.8 Å². The summed E-state index contributed by atoms with van der Waals surface area (Å²) in [6.07, 6.45) is -2.70. The van der Waals surface area contributed by atoms with Gasteiger partial charge < -0.3 is 15.1 Å². The number of nitrogens with zero attached hydrogens (tertiary/aromatic N) is 5. The van der Waals surface area contributed by atoms with Gasteiger partial charge in [0.05, 0.1) is 5.56 Å². The molecule has 3 heterocycles. The lowest BCUT2D eigenvalue weighted by Crippen LogP contribution is -2.49. The number of aromatic nitrogens is 3. The van der Waals surface area contributed by atoms with Gasteiger partial charge in [0, 0.05) is 44.0 Å². The molecule has 1 amide bonds. The maximum absolute atomic E-state index is 12.8. The van der Waals surface area contributed by atoms with Gasteiger partial charge in [-0.25, -0.2) is 15.0 Å². The third-order valence-electron chi connectivity index (χ3n) is 5.35. The maximum atomic E-state index is 12.8. The van der Waals surface area contributed by atoms with Crippen molar-refractivity contribution < 1.29 is 18.0 Å². The summed E-state index contributed by atoms with van der Waals surface area (Å²) in [5.74, 6) is 2.37. The van der Waals surface area contributed by atoms with Gasteiger partial charge in [0.15, 0.2) is 0 Å². The van der Waals surface area contributed by atoms with Crippen LogP contribution in [0.25, 0.3) is 0 Å². The standard InChI is InChI=1S/C23H23F3N6O/c1-15-7-8-27-19(13-15)30-20-14-21(29-16(2)28-20)31-9-11-32(12-10-31)22(33)17-3-5-18(6-4-17)23(24,25)26/h3-8,13-14H,9-12H2,1-2H3,(H,27,28,29,30). The predicted octanol–water partition coefficient (Wildman–Crippen LogP) is 4.21. The quantitative estimate of drug-likeness (QED) is 0.634. The number of piperazine rings is 1. The van der Waals surface area contributed by atoms with Crippen LogP contribution >= 0.6 is 0 Å². The van der Waals surface area contributed by atoms with Gasteiger partial charge in [0.2, 0.25) is 0 Å². The molecule has 1 aliphatic heterocycles. The van der Waals surface area contributed by atoms with Gasteiger partial charge in [-0.1, -0.05) is 0 Å². The molecule has 0 aliphatic carbocycles. The van der Waals surface area contributed by atoms with Crippen LogP contribution in [0.3, 0.4) is 0 Å². The molecule has 0 bridgehead atoms. The summed E-state index contributed by atoms with van der Waals surface area (Å²) in [6.45, 7) is 5.75. The molecular formula is C23H23F3N6O. The van der Waals surface area contributed by atoms with Crippen LogP contribution < -0.4 is 10.2 Å². The number of anilines is 3. The van der Waals surface area contributed by atoms with Crippen molar-refractivity contribution in [3.8, 4) is 0 Å². The van der Waals surface area contributed by atoms with Crippen molar-refractivity contribution in [1.29, 1.82) is 0 Å². The molecule has 10 heteroatoms. The second-order valence-corrected chi connectivity index (χ2v) is 7.86. The third-order valence-corrected chi connectivity index (χ3v) is 5.35. The molecule has 172 valence electrons. The normalized spacial score (nSPS) is 14.3. The Balaban J connectivity index is 1.41. The zero-order chi connectivity index (χ0) is 23.6. The van der Waals surface area contributed by atoms with Gasteiger partial charge in [0.1, 0.15) is 23.3 Å². The molecular weight excluding hydrogens is 433 g/mol. The third kappa shape index (κ3) is 5.39. The van der Waals surface area contributed by atoms with E-state index in [1.807, 2.05) is 32.0 Å². The molecule has 0 radical (unpaired) electrons. The highest BCUT2D eigenvalue weighted by atomic mass is 19.4. The van der Waals surface area contributed by atoms with Crippen molar-refractivity contribution in [1.82, 2.24) is 19.9 Å². The number of benzene rings is 1. The molecule has 1 aliphatic rings. The lowest BCUT2D eigenvalue weighted by atomic mass is 10.1. The monoisotopic (exact) mass is 456 g/mol. The molecule has 0 spiro atoms. The number of halogens is 3. The van der Waals surface area contributed by atoms with Crippen LogP contribution in [0.5, 0.6) is 0 Å². The van der Waals surface area contributed by atoms with Gasteiger partial charge in [-0.05, 0) is 55.8 Å². The summed E-state index contributed by atoms with van der Waals surface area (Å²) in [7, 11) is 0. The van der Waals surface area contributed by atoms with Gasteiger partial charge in [0.25, 0.3) is 5.91 Å². The van der Waals surface area contributed by atoms with E-state index in [2.05, 4.69) is 25.2 Å². The largest absolute Gasteiger partial charge is 0.416 e. The maximum Gasteiger partial charge on any atom is 0.416 e. The number of pyridine rings is 1. The Morgan fingerprint density at radius 3 is 2.27 bits per heavy atom. The topological polar surface area (TPSA) is 74.2 Å². The Morgan fingerprint density at radius 2 is 1.64 bits per heavy atom. The van der Waals surface area contributed by atoms with Crippen molar-refractivity contribution in [2.75, 3.05) is 36.4 Å². The molecule has 1 N–H and O–H groups in total. The number of hydrogen-bond donors (Lipinski definition) is 1. The second kappa shape index (κ2) is 9.05. The minimum Gasteiger partial charge on any atom is -0.353 e. The first-order chi connectivity index (χ1) is 15.7. The minimum atomic E-state index is -4.42. The summed E-state index contributed by atoms with van der Waals surface area (Å²) in [5, 5.41) is 3.20. The van der Waals surface area contributed by atoms with E-state index in [4.69, 9.17) is 0 Å². The lowest BCUT2D eigenvalue weighted by molar-refractivity contribution is -0.137. The first-order valence-electron chi connectivity index (χ1n) is 10.5. The Morgan fingerprint density at radius 1 is 0.939 bits per heavy atom. The Hall–Kier alpha value is -3.69. The highest BCUT2D eigenvalue weighted by Gasteiger charge is 2.31. The first-order valence-corrected chi connectivity index (χ1v) is 10.5. The summed E-state index contributed by atoms with van der Waals surface area (Å²) < 4.78 is 38.3. The average Bonchev–Trinajstić information content (AvgIpc) is 2.78. The van der Waals surface area contributed by atoms with Crippen LogP contribution in [-0.4, -0.2) is 51.9 Å². The molecule has 0 atom stereocenters. The van der Waals surface area contributed by atoms with E-state index in [1.165, 1.54) is 12.1 Å². The summed E-state index contributed by atoms with van der Waals surface area (Å²) in [6, 6.07) is 9.99. The fourth-order valence-corrected chi connectivity index (χ4v) is 3.64. The number of nitrogens with one attached hydrogen (secondary N) is 1. The van der Waals surface area contributed by atoms with Crippen LogP contribution in [0.1, 0.15) is 27.3 Å². The van der Waals surface area contributed by atoms with E-state index >= 15 is 0 Å². The molecule has 3 aromatic rings. The Labute approximate surface area is 189 Å². The van der Waals surface area contributed by atoms with Crippen LogP contribution in [0.2, 0.25) is 0 Å². The van der Waals surface area contributed by atoms with E-state index in [1.54, 1.807) is 11.1 Å². The van der Waals surface area contributed by atoms with Crippen molar-refractivity contribution in [3.05, 3.63) is 71.2 Å². The van der Waals surface area contributed by atoms with E-state index in [-0.39, 0.29) is 11.5 Å². The van der Waals surface area contributed by atoms with Gasteiger partial charge >= 0.3 is 6.18 Å². The van der Waals surface area contributed by atoms with Crippen molar-refractivity contribution in [2.45, 2.75) is 20.0 Å². The molecule has 33 heavy (non-hydrogen) atoms. The fourth-order valence-electron chi connectivity index (χ4n) is 3.64. The van der Waals surface area contributed by atoms with Crippen molar-refractivity contribution in [2.24, 2.45) is 0 Å². The molecule has 7 nitrogen and oxygen atoms in total. The highest BCUT2D eigenvalue weighted by Crippen LogP contribution is 2.29. The Kier molecular flexibility index (Phi) is 6.17. The molecule has 0 saturated carbocycles.